The maximum atomic E-state index is 12.8. The van der Waals surface area contributed by atoms with Crippen molar-refractivity contribution in [1.82, 2.24) is 4.31 Å². The Bertz CT molecular complexity index is 865. The Labute approximate surface area is 154 Å². The minimum absolute atomic E-state index is 0.103. The van der Waals surface area contributed by atoms with E-state index in [0.717, 1.165) is 5.56 Å². The summed E-state index contributed by atoms with van der Waals surface area (Å²) in [6, 6.07) is 13.9. The standard InChI is InChI=1S/C20H23NO4S/c1-15-3-5-16(6-4-15)20(22)17-11-13-21(14-12-17)26(23,24)19-9-7-18(25-2)8-10-19/h3-10,17H,11-14H2,1-2H3. The maximum Gasteiger partial charge on any atom is 0.243 e. The molecule has 2 aromatic carbocycles. The van der Waals surface area contributed by atoms with E-state index in [1.807, 2.05) is 31.2 Å². The summed E-state index contributed by atoms with van der Waals surface area (Å²) in [5.41, 5.74) is 1.81. The van der Waals surface area contributed by atoms with Crippen molar-refractivity contribution in [3.05, 3.63) is 59.7 Å². The Kier molecular flexibility index (Phi) is 5.44. The Morgan fingerprint density at radius 1 is 1.00 bits per heavy atom. The number of carbonyl (C=O) groups excluding carboxylic acids is 1. The second kappa shape index (κ2) is 7.60. The molecule has 1 saturated heterocycles. The van der Waals surface area contributed by atoms with Crippen molar-refractivity contribution in [2.24, 2.45) is 5.92 Å². The van der Waals surface area contributed by atoms with Gasteiger partial charge in [0.1, 0.15) is 5.75 Å². The number of ether oxygens (including phenoxy) is 1. The first-order valence-electron chi connectivity index (χ1n) is 8.67. The largest absolute Gasteiger partial charge is 0.497 e. The van der Waals surface area contributed by atoms with E-state index in [1.54, 1.807) is 31.4 Å². The molecular formula is C20H23NO4S. The summed E-state index contributed by atoms with van der Waals surface area (Å²) >= 11 is 0. The van der Waals surface area contributed by atoms with Gasteiger partial charge in [0.2, 0.25) is 10.0 Å². The van der Waals surface area contributed by atoms with Crippen LogP contribution in [-0.4, -0.2) is 38.7 Å². The Morgan fingerprint density at radius 2 is 1.58 bits per heavy atom. The van der Waals surface area contributed by atoms with Gasteiger partial charge in [0.15, 0.2) is 5.78 Å². The number of methoxy groups -OCH3 is 1. The van der Waals surface area contributed by atoms with Crippen molar-refractivity contribution < 1.29 is 17.9 Å². The molecule has 0 spiro atoms. The minimum Gasteiger partial charge on any atom is -0.497 e. The van der Waals surface area contributed by atoms with Gasteiger partial charge in [-0.3, -0.25) is 4.79 Å². The molecule has 6 heteroatoms. The second-order valence-electron chi connectivity index (χ2n) is 6.58. The number of benzene rings is 2. The van der Waals surface area contributed by atoms with Gasteiger partial charge < -0.3 is 4.74 Å². The van der Waals surface area contributed by atoms with Gasteiger partial charge in [-0.25, -0.2) is 8.42 Å². The molecule has 26 heavy (non-hydrogen) atoms. The highest BCUT2D eigenvalue weighted by Crippen LogP contribution is 2.27. The van der Waals surface area contributed by atoms with E-state index in [2.05, 4.69) is 0 Å². The van der Waals surface area contributed by atoms with Crippen LogP contribution in [0.5, 0.6) is 5.75 Å². The van der Waals surface area contributed by atoms with Gasteiger partial charge in [-0.2, -0.15) is 4.31 Å². The minimum atomic E-state index is -3.54. The average molecular weight is 373 g/mol. The highest BCUT2D eigenvalue weighted by molar-refractivity contribution is 7.89. The maximum absolute atomic E-state index is 12.8. The van der Waals surface area contributed by atoms with Crippen molar-refractivity contribution in [2.75, 3.05) is 20.2 Å². The second-order valence-corrected chi connectivity index (χ2v) is 8.52. The van der Waals surface area contributed by atoms with E-state index in [-0.39, 0.29) is 16.6 Å². The third-order valence-corrected chi connectivity index (χ3v) is 6.77. The molecule has 0 saturated carbocycles. The first kappa shape index (κ1) is 18.6. The lowest BCUT2D eigenvalue weighted by Gasteiger charge is -2.30. The lowest BCUT2D eigenvalue weighted by Crippen LogP contribution is -2.40. The van der Waals surface area contributed by atoms with Gasteiger partial charge in [-0.15, -0.1) is 0 Å². The Morgan fingerprint density at radius 3 is 2.12 bits per heavy atom. The summed E-state index contributed by atoms with van der Waals surface area (Å²) in [5, 5.41) is 0. The van der Waals surface area contributed by atoms with Crippen molar-refractivity contribution in [3.8, 4) is 5.75 Å². The van der Waals surface area contributed by atoms with E-state index in [0.29, 0.717) is 37.2 Å². The van der Waals surface area contributed by atoms with Gasteiger partial charge in [0.05, 0.1) is 12.0 Å². The molecule has 0 bridgehead atoms. The van der Waals surface area contributed by atoms with Crippen LogP contribution in [0.15, 0.2) is 53.4 Å². The normalized spacial score (nSPS) is 16.4. The SMILES string of the molecule is COc1ccc(S(=O)(=O)N2CCC(C(=O)c3ccc(C)cc3)CC2)cc1. The fraction of sp³-hybridized carbons (Fsp3) is 0.350. The van der Waals surface area contributed by atoms with Gasteiger partial charge >= 0.3 is 0 Å². The first-order chi connectivity index (χ1) is 12.4. The molecule has 0 amide bonds. The molecule has 138 valence electrons. The highest BCUT2D eigenvalue weighted by Gasteiger charge is 2.32. The van der Waals surface area contributed by atoms with E-state index < -0.39 is 10.0 Å². The Balaban J connectivity index is 1.67. The highest BCUT2D eigenvalue weighted by atomic mass is 32.2. The van der Waals surface area contributed by atoms with E-state index in [4.69, 9.17) is 4.74 Å². The number of piperidine rings is 1. The lowest BCUT2D eigenvalue weighted by molar-refractivity contribution is 0.0875. The van der Waals surface area contributed by atoms with Crippen LogP contribution >= 0.6 is 0 Å². The molecule has 3 rings (SSSR count). The van der Waals surface area contributed by atoms with E-state index >= 15 is 0 Å². The molecule has 1 heterocycles. The molecule has 0 aliphatic carbocycles. The summed E-state index contributed by atoms with van der Waals surface area (Å²) in [5.74, 6) is 0.595. The number of ketones is 1. The quantitative estimate of drug-likeness (QED) is 0.755. The monoisotopic (exact) mass is 373 g/mol. The molecule has 1 aliphatic heterocycles. The number of rotatable bonds is 5. The van der Waals surface area contributed by atoms with Crippen LogP contribution in [0.3, 0.4) is 0 Å². The van der Waals surface area contributed by atoms with Crippen LogP contribution in [0.4, 0.5) is 0 Å². The average Bonchev–Trinajstić information content (AvgIpc) is 2.68. The summed E-state index contributed by atoms with van der Waals surface area (Å²) in [6.07, 6.45) is 1.09. The van der Waals surface area contributed by atoms with Gasteiger partial charge in [0.25, 0.3) is 0 Å². The lowest BCUT2D eigenvalue weighted by atomic mass is 9.89. The fourth-order valence-corrected chi connectivity index (χ4v) is 4.68. The summed E-state index contributed by atoms with van der Waals surface area (Å²) in [7, 11) is -2.00. The molecule has 0 atom stereocenters. The third-order valence-electron chi connectivity index (χ3n) is 4.86. The molecule has 5 nitrogen and oxygen atoms in total. The molecule has 1 aliphatic rings. The van der Waals surface area contributed by atoms with Crippen LogP contribution in [0, 0.1) is 12.8 Å². The molecule has 1 fully saturated rings. The van der Waals surface area contributed by atoms with Crippen LogP contribution < -0.4 is 4.74 Å². The first-order valence-corrected chi connectivity index (χ1v) is 10.1. The summed E-state index contributed by atoms with van der Waals surface area (Å²) in [4.78, 5) is 12.9. The number of aryl methyl sites for hydroxylation is 1. The predicted molar refractivity (Wildman–Crippen MR) is 100.0 cm³/mol. The van der Waals surface area contributed by atoms with Crippen LogP contribution in [0.1, 0.15) is 28.8 Å². The fourth-order valence-electron chi connectivity index (χ4n) is 3.21. The number of Topliss-reactive ketones (excluding diaryl/α,β-unsaturated/α-hetero) is 1. The molecule has 0 radical (unpaired) electrons. The number of sulfonamides is 1. The molecule has 0 N–H and O–H groups in total. The van der Waals surface area contributed by atoms with Crippen LogP contribution in [0.25, 0.3) is 0 Å². The Hall–Kier alpha value is -2.18. The topological polar surface area (TPSA) is 63.7 Å². The molecule has 0 aromatic heterocycles. The number of carbonyl (C=O) groups is 1. The molecule has 2 aromatic rings. The van der Waals surface area contributed by atoms with Crippen molar-refractivity contribution >= 4 is 15.8 Å². The summed E-state index contributed by atoms with van der Waals surface area (Å²) in [6.45, 7) is 2.70. The third kappa shape index (κ3) is 3.81. The van der Waals surface area contributed by atoms with Crippen molar-refractivity contribution in [3.63, 3.8) is 0 Å². The van der Waals surface area contributed by atoms with Crippen molar-refractivity contribution in [1.29, 1.82) is 0 Å². The zero-order chi connectivity index (χ0) is 18.7. The molecular weight excluding hydrogens is 350 g/mol. The number of hydrogen-bond donors (Lipinski definition) is 0. The van der Waals surface area contributed by atoms with E-state index in [9.17, 15) is 13.2 Å². The van der Waals surface area contributed by atoms with Gasteiger partial charge in [0, 0.05) is 24.6 Å². The number of nitrogens with zero attached hydrogens (tertiary/aromatic N) is 1. The van der Waals surface area contributed by atoms with Crippen LogP contribution in [-0.2, 0) is 10.0 Å². The smallest absolute Gasteiger partial charge is 0.243 e. The zero-order valence-corrected chi connectivity index (χ0v) is 15.8. The van der Waals surface area contributed by atoms with Crippen LogP contribution in [0.2, 0.25) is 0 Å². The zero-order valence-electron chi connectivity index (χ0n) is 15.0. The molecule has 0 unspecified atom stereocenters. The van der Waals surface area contributed by atoms with Gasteiger partial charge in [-0.1, -0.05) is 29.8 Å². The predicted octanol–water partition coefficient (Wildman–Crippen LogP) is 3.29. The number of hydrogen-bond acceptors (Lipinski definition) is 4. The van der Waals surface area contributed by atoms with Gasteiger partial charge in [-0.05, 0) is 44.0 Å². The summed E-state index contributed by atoms with van der Waals surface area (Å²) < 4.78 is 32.1. The van der Waals surface area contributed by atoms with E-state index in [1.165, 1.54) is 4.31 Å². The van der Waals surface area contributed by atoms with Crippen molar-refractivity contribution in [2.45, 2.75) is 24.7 Å².